The topological polar surface area (TPSA) is 0 Å². The Labute approximate surface area is 72.2 Å². The van der Waals surface area contributed by atoms with Gasteiger partial charge < -0.3 is 7.43 Å². The van der Waals surface area contributed by atoms with Crippen molar-refractivity contribution in [1.82, 2.24) is 0 Å². The Kier molecular flexibility index (Phi) is 7.88. The minimum Gasteiger partial charge on any atom is -0.358 e. The van der Waals surface area contributed by atoms with Crippen LogP contribution in [0.4, 0.5) is 0 Å². The van der Waals surface area contributed by atoms with Crippen LogP contribution in [0.15, 0.2) is 30.3 Å². The Balaban J connectivity index is 0. The molecule has 0 aromatic heterocycles. The minimum atomic E-state index is 0. The molecule has 0 N–H and O–H groups in total. The van der Waals surface area contributed by atoms with Gasteiger partial charge in [0.2, 0.25) is 0 Å². The molecule has 1 heteroatoms. The second-order valence-electron chi connectivity index (χ2n) is 1.65. The molecule has 48 valence electrons. The fourth-order valence-electron chi connectivity index (χ4n) is 0.534. The van der Waals surface area contributed by atoms with Crippen molar-refractivity contribution < 1.29 is 21.7 Å². The maximum Gasteiger partial charge on any atom is 0 e. The molecule has 9 heavy (non-hydrogen) atoms. The first-order valence-electron chi connectivity index (χ1n) is 2.41. The van der Waals surface area contributed by atoms with E-state index in [1.165, 1.54) is 5.56 Å². The fraction of sp³-hybridized carbons (Fsp3) is 0.125. The second kappa shape index (κ2) is 6.06. The molecule has 0 aliphatic heterocycles. The van der Waals surface area contributed by atoms with Crippen molar-refractivity contribution in [1.29, 1.82) is 0 Å². The Bertz CT molecular complexity index is 134. The first-order chi connectivity index (χ1) is 3.39. The largest absolute Gasteiger partial charge is 0.358 e. The van der Waals surface area contributed by atoms with Gasteiger partial charge in [0.25, 0.3) is 0 Å². The number of aryl methyl sites for hydroxylation is 1. The Morgan fingerprint density at radius 2 is 1.44 bits per heavy atom. The standard InChI is InChI=1S/C7H8.CH3.Ti/c1-7-5-3-2-4-6-7;;/h2-6H,1H3;1H3;/q;-1;. The van der Waals surface area contributed by atoms with E-state index in [2.05, 4.69) is 19.1 Å². The monoisotopic (exact) mass is 155 g/mol. The van der Waals surface area contributed by atoms with Crippen LogP contribution >= 0.6 is 0 Å². The summed E-state index contributed by atoms with van der Waals surface area (Å²) in [5, 5.41) is 0. The fourth-order valence-corrected chi connectivity index (χ4v) is 0.534. The maximum atomic E-state index is 2.08. The van der Waals surface area contributed by atoms with E-state index in [9.17, 15) is 0 Å². The number of rotatable bonds is 0. The molecule has 0 unspecified atom stereocenters. The van der Waals surface area contributed by atoms with Gasteiger partial charge in [-0.15, -0.1) is 0 Å². The first kappa shape index (κ1) is 11.7. The van der Waals surface area contributed by atoms with Crippen molar-refractivity contribution in [2.75, 3.05) is 0 Å². The molecule has 0 saturated carbocycles. The quantitative estimate of drug-likeness (QED) is 0.398. The van der Waals surface area contributed by atoms with Gasteiger partial charge in [0, 0.05) is 21.7 Å². The SMILES string of the molecule is Cc1ccccc1.[CH3-].[Ti]. The molecule has 0 spiro atoms. The van der Waals surface area contributed by atoms with Crippen LogP contribution in [-0.2, 0) is 21.7 Å². The Hall–Kier alpha value is -0.0657. The van der Waals surface area contributed by atoms with Crippen LogP contribution in [0.1, 0.15) is 5.56 Å². The van der Waals surface area contributed by atoms with E-state index in [0.717, 1.165) is 0 Å². The van der Waals surface area contributed by atoms with Crippen LogP contribution in [0.2, 0.25) is 0 Å². The van der Waals surface area contributed by atoms with Gasteiger partial charge in [-0.1, -0.05) is 35.9 Å². The van der Waals surface area contributed by atoms with Crippen molar-refractivity contribution in [3.05, 3.63) is 43.3 Å². The van der Waals surface area contributed by atoms with Gasteiger partial charge in [0.15, 0.2) is 0 Å². The molecule has 0 fully saturated rings. The zero-order valence-electron chi connectivity index (χ0n) is 5.89. The molecule has 1 aromatic rings. The third-order valence-corrected chi connectivity index (χ3v) is 0.940. The normalized spacial score (nSPS) is 6.78. The van der Waals surface area contributed by atoms with Gasteiger partial charge in [0.05, 0.1) is 0 Å². The van der Waals surface area contributed by atoms with Gasteiger partial charge in [-0.3, -0.25) is 0 Å². The summed E-state index contributed by atoms with van der Waals surface area (Å²) >= 11 is 0. The Morgan fingerprint density at radius 1 is 1.00 bits per heavy atom. The summed E-state index contributed by atoms with van der Waals surface area (Å²) in [7, 11) is 0. The zero-order chi connectivity index (χ0) is 5.11. The van der Waals surface area contributed by atoms with Crippen molar-refractivity contribution in [3.63, 3.8) is 0 Å². The third-order valence-electron chi connectivity index (χ3n) is 0.940. The summed E-state index contributed by atoms with van der Waals surface area (Å²) in [6, 6.07) is 10.3. The van der Waals surface area contributed by atoms with E-state index in [1.54, 1.807) is 0 Å². The average molecular weight is 155 g/mol. The molecule has 0 bridgehead atoms. The van der Waals surface area contributed by atoms with Crippen molar-refractivity contribution >= 4 is 0 Å². The third kappa shape index (κ3) is 4.44. The summed E-state index contributed by atoms with van der Waals surface area (Å²) in [5.74, 6) is 0. The summed E-state index contributed by atoms with van der Waals surface area (Å²) in [4.78, 5) is 0. The van der Waals surface area contributed by atoms with Gasteiger partial charge in [-0.05, 0) is 6.92 Å². The van der Waals surface area contributed by atoms with Crippen LogP contribution in [-0.4, -0.2) is 0 Å². The van der Waals surface area contributed by atoms with Gasteiger partial charge in [-0.25, -0.2) is 0 Å². The molecule has 0 nitrogen and oxygen atoms in total. The number of hydrogen-bond acceptors (Lipinski definition) is 0. The van der Waals surface area contributed by atoms with Crippen LogP contribution < -0.4 is 0 Å². The average Bonchev–Trinajstić information content (AvgIpc) is 1.69. The number of hydrogen-bond donors (Lipinski definition) is 0. The van der Waals surface area contributed by atoms with Crippen molar-refractivity contribution in [2.24, 2.45) is 0 Å². The second-order valence-corrected chi connectivity index (χ2v) is 1.65. The summed E-state index contributed by atoms with van der Waals surface area (Å²) in [6.45, 7) is 2.08. The smallest absolute Gasteiger partial charge is 0 e. The van der Waals surface area contributed by atoms with E-state index < -0.39 is 0 Å². The van der Waals surface area contributed by atoms with E-state index in [4.69, 9.17) is 0 Å². The molecular formula is C8H11Ti-. The molecule has 0 heterocycles. The minimum absolute atomic E-state index is 0. The van der Waals surface area contributed by atoms with Crippen LogP contribution in [0.25, 0.3) is 0 Å². The summed E-state index contributed by atoms with van der Waals surface area (Å²) < 4.78 is 0. The van der Waals surface area contributed by atoms with E-state index in [1.807, 2.05) is 18.2 Å². The summed E-state index contributed by atoms with van der Waals surface area (Å²) in [6.07, 6.45) is 0. The van der Waals surface area contributed by atoms with Crippen LogP contribution in [0.3, 0.4) is 0 Å². The predicted octanol–water partition coefficient (Wildman–Crippen LogP) is 2.44. The Morgan fingerprint density at radius 3 is 1.67 bits per heavy atom. The number of benzene rings is 1. The molecule has 0 radical (unpaired) electrons. The zero-order valence-corrected chi connectivity index (χ0v) is 7.45. The molecule has 0 saturated heterocycles. The predicted molar refractivity (Wildman–Crippen MR) is 37.6 cm³/mol. The molecule has 1 rings (SSSR count). The van der Waals surface area contributed by atoms with E-state index in [0.29, 0.717) is 0 Å². The van der Waals surface area contributed by atoms with Gasteiger partial charge in [-0.2, -0.15) is 0 Å². The van der Waals surface area contributed by atoms with E-state index >= 15 is 0 Å². The van der Waals surface area contributed by atoms with Crippen molar-refractivity contribution in [2.45, 2.75) is 6.92 Å². The molecule has 0 atom stereocenters. The van der Waals surface area contributed by atoms with Gasteiger partial charge in [0.1, 0.15) is 0 Å². The van der Waals surface area contributed by atoms with Gasteiger partial charge >= 0.3 is 0 Å². The molecule has 1 aromatic carbocycles. The summed E-state index contributed by atoms with van der Waals surface area (Å²) in [5.41, 5.74) is 1.32. The first-order valence-corrected chi connectivity index (χ1v) is 2.41. The van der Waals surface area contributed by atoms with E-state index in [-0.39, 0.29) is 29.1 Å². The molecule has 0 aliphatic rings. The molecular weight excluding hydrogens is 144 g/mol. The van der Waals surface area contributed by atoms with Crippen LogP contribution in [0.5, 0.6) is 0 Å². The maximum absolute atomic E-state index is 2.08. The molecule has 0 amide bonds. The van der Waals surface area contributed by atoms with Crippen LogP contribution in [0, 0.1) is 14.4 Å². The van der Waals surface area contributed by atoms with Crippen molar-refractivity contribution in [3.8, 4) is 0 Å². The molecule has 0 aliphatic carbocycles.